The van der Waals surface area contributed by atoms with Gasteiger partial charge in [-0.15, -0.1) is 0 Å². The lowest BCUT2D eigenvalue weighted by molar-refractivity contribution is -0.181. The quantitative estimate of drug-likeness (QED) is 0.289. The zero-order chi connectivity index (χ0) is 25.6. The van der Waals surface area contributed by atoms with E-state index >= 15 is 0 Å². The molecule has 5 rings (SSSR count). The van der Waals surface area contributed by atoms with Crippen molar-refractivity contribution in [3.05, 3.63) is 11.6 Å². The van der Waals surface area contributed by atoms with Gasteiger partial charge in [0.1, 0.15) is 6.10 Å². The topological polar surface area (TPSA) is 26.3 Å². The number of ether oxygens (including phenoxy) is 1. The monoisotopic (exact) mass is 482 g/mol. The highest BCUT2D eigenvalue weighted by Gasteiger charge is 2.82. The highest BCUT2D eigenvalue weighted by molar-refractivity contribution is 5.66. The van der Waals surface area contributed by atoms with Crippen LogP contribution in [0.5, 0.6) is 0 Å². The van der Waals surface area contributed by atoms with E-state index in [-0.39, 0.29) is 17.5 Å². The number of hydrogen-bond acceptors (Lipinski definition) is 2. The molecule has 9 atom stereocenters. The lowest BCUT2D eigenvalue weighted by Gasteiger charge is -2.63. The molecule has 0 radical (unpaired) electrons. The Bertz CT molecular complexity index is 899. The third-order valence-corrected chi connectivity index (χ3v) is 13.8. The van der Waals surface area contributed by atoms with Crippen molar-refractivity contribution in [2.75, 3.05) is 0 Å². The first kappa shape index (κ1) is 25.8. The number of rotatable bonds is 5. The molecule has 0 saturated heterocycles. The van der Waals surface area contributed by atoms with Crippen LogP contribution in [0.1, 0.15) is 127 Å². The van der Waals surface area contributed by atoms with Crippen LogP contribution >= 0.6 is 0 Å². The van der Waals surface area contributed by atoms with E-state index in [0.717, 1.165) is 30.1 Å². The van der Waals surface area contributed by atoms with E-state index in [1.165, 1.54) is 57.8 Å². The fourth-order valence-electron chi connectivity index (χ4n) is 11.5. The molecular weight excluding hydrogens is 428 g/mol. The summed E-state index contributed by atoms with van der Waals surface area (Å²) in [5, 5.41) is 0. The summed E-state index contributed by atoms with van der Waals surface area (Å²) in [5.41, 5.74) is 3.76. The fourth-order valence-corrected chi connectivity index (χ4v) is 11.5. The Kier molecular flexibility index (Phi) is 5.98. The van der Waals surface area contributed by atoms with Gasteiger partial charge in [0, 0.05) is 12.3 Å². The number of allylic oxidation sites excluding steroid dienone is 2. The molecular formula is C33H54O2. The number of carbonyl (C=O) groups excluding carboxylic acids is 1. The molecule has 0 bridgehead atoms. The van der Waals surface area contributed by atoms with Crippen molar-refractivity contribution in [2.45, 2.75) is 133 Å². The van der Waals surface area contributed by atoms with Gasteiger partial charge >= 0.3 is 5.97 Å². The van der Waals surface area contributed by atoms with Crippen molar-refractivity contribution >= 4 is 5.97 Å². The Balaban J connectivity index is 1.39. The molecule has 0 heterocycles. The minimum atomic E-state index is -0.0938. The summed E-state index contributed by atoms with van der Waals surface area (Å²) >= 11 is 0. The predicted molar refractivity (Wildman–Crippen MR) is 145 cm³/mol. The van der Waals surface area contributed by atoms with Crippen molar-refractivity contribution < 1.29 is 9.53 Å². The van der Waals surface area contributed by atoms with E-state index in [1.54, 1.807) is 12.5 Å². The first-order valence-corrected chi connectivity index (χ1v) is 15.1. The average molecular weight is 483 g/mol. The van der Waals surface area contributed by atoms with Crippen molar-refractivity contribution in [1.82, 2.24) is 0 Å². The fraction of sp³-hybridized carbons (Fsp3) is 0.909. The van der Waals surface area contributed by atoms with Gasteiger partial charge in [-0.1, -0.05) is 60.1 Å². The molecule has 2 heteroatoms. The van der Waals surface area contributed by atoms with Crippen LogP contribution < -0.4 is 0 Å². The summed E-state index contributed by atoms with van der Waals surface area (Å²) in [4.78, 5) is 11.9. The zero-order valence-corrected chi connectivity index (χ0v) is 24.4. The van der Waals surface area contributed by atoms with E-state index in [4.69, 9.17) is 4.74 Å². The molecule has 2 nitrogen and oxygen atoms in total. The van der Waals surface area contributed by atoms with Gasteiger partial charge in [-0.2, -0.15) is 0 Å². The standard InChI is InChI=1S/C33H54O2/c1-21(2)22(3)10-11-23(4)25-14-16-31(9)27-13-12-26-29(6,7)28(35-24(5)34)15-17-32(26)20-33(27,32)19-18-30(25,31)8/h10,21,23,25-28H,11-20H2,1-9H3/t23-,25-,26+,27+,28+,30-,31+,32-,33+/m1/s1. The van der Waals surface area contributed by atoms with Crippen molar-refractivity contribution in [3.63, 3.8) is 0 Å². The van der Waals surface area contributed by atoms with Gasteiger partial charge < -0.3 is 4.74 Å². The second kappa shape index (κ2) is 8.10. The van der Waals surface area contributed by atoms with Crippen LogP contribution in [0.25, 0.3) is 0 Å². The largest absolute Gasteiger partial charge is 0.462 e. The van der Waals surface area contributed by atoms with E-state index in [9.17, 15) is 4.79 Å². The summed E-state index contributed by atoms with van der Waals surface area (Å²) in [6.45, 7) is 21.4. The summed E-state index contributed by atoms with van der Waals surface area (Å²) in [6, 6.07) is 0. The number of fused-ring (bicyclic) bond motifs is 2. The van der Waals surface area contributed by atoms with Gasteiger partial charge in [-0.25, -0.2) is 0 Å². The Labute approximate surface area is 216 Å². The molecule has 0 amide bonds. The van der Waals surface area contributed by atoms with E-state index in [2.05, 4.69) is 61.5 Å². The van der Waals surface area contributed by atoms with Crippen LogP contribution in [0.3, 0.4) is 0 Å². The Morgan fingerprint density at radius 3 is 2.17 bits per heavy atom. The SMILES string of the molecule is CC(=O)O[C@H]1CC[C@]23C[C@]24CC[C@]2(C)[C@@H]([C@H](C)CC=C(C)C(C)C)CC[C@@]2(C)[C@@H]4CC[C@H]3C1(C)C. The van der Waals surface area contributed by atoms with E-state index in [0.29, 0.717) is 27.6 Å². The van der Waals surface area contributed by atoms with Gasteiger partial charge in [0.05, 0.1) is 0 Å². The number of hydrogen-bond donors (Lipinski definition) is 0. The Morgan fingerprint density at radius 1 is 0.857 bits per heavy atom. The van der Waals surface area contributed by atoms with Gasteiger partial charge in [-0.05, 0) is 122 Å². The zero-order valence-electron chi connectivity index (χ0n) is 24.4. The molecule has 5 aliphatic carbocycles. The normalized spacial score (nSPS) is 48.9. The molecule has 5 aliphatic rings. The van der Waals surface area contributed by atoms with E-state index < -0.39 is 0 Å². The summed E-state index contributed by atoms with van der Waals surface area (Å²) in [5.74, 6) is 3.84. The van der Waals surface area contributed by atoms with E-state index in [1.807, 2.05) is 0 Å². The highest BCUT2D eigenvalue weighted by atomic mass is 16.5. The Hall–Kier alpha value is -0.790. The molecule has 198 valence electrons. The maximum atomic E-state index is 11.9. The molecule has 2 spiro atoms. The minimum absolute atomic E-state index is 0.0938. The molecule has 0 aromatic carbocycles. The van der Waals surface area contributed by atoms with Crippen LogP contribution in [0, 0.1) is 56.7 Å². The molecule has 0 aliphatic heterocycles. The second-order valence-electron chi connectivity index (χ2n) is 15.4. The molecule has 5 saturated carbocycles. The third-order valence-electron chi connectivity index (χ3n) is 13.8. The molecule has 5 fully saturated rings. The van der Waals surface area contributed by atoms with Gasteiger partial charge in [0.25, 0.3) is 0 Å². The highest BCUT2D eigenvalue weighted by Crippen LogP contribution is 2.89. The van der Waals surface area contributed by atoms with Gasteiger partial charge in [0.2, 0.25) is 0 Å². The summed E-state index contributed by atoms with van der Waals surface area (Å²) < 4.78 is 5.91. The first-order valence-electron chi connectivity index (χ1n) is 15.1. The molecule has 0 aromatic heterocycles. The van der Waals surface area contributed by atoms with Crippen molar-refractivity contribution in [1.29, 1.82) is 0 Å². The maximum Gasteiger partial charge on any atom is 0.302 e. The van der Waals surface area contributed by atoms with Crippen LogP contribution in [0.2, 0.25) is 0 Å². The lowest BCUT2D eigenvalue weighted by Crippen LogP contribution is -2.58. The first-order chi connectivity index (χ1) is 16.3. The average Bonchev–Trinajstić information content (AvgIpc) is 3.36. The van der Waals surface area contributed by atoms with Gasteiger partial charge in [0.15, 0.2) is 0 Å². The minimum Gasteiger partial charge on any atom is -0.462 e. The Morgan fingerprint density at radius 2 is 1.51 bits per heavy atom. The molecule has 0 unspecified atom stereocenters. The van der Waals surface area contributed by atoms with Crippen molar-refractivity contribution in [3.8, 4) is 0 Å². The third kappa shape index (κ3) is 3.35. The van der Waals surface area contributed by atoms with Crippen LogP contribution in [0.15, 0.2) is 11.6 Å². The van der Waals surface area contributed by atoms with Gasteiger partial charge in [-0.3, -0.25) is 4.79 Å². The molecule has 0 aromatic rings. The number of esters is 1. The summed E-state index contributed by atoms with van der Waals surface area (Å²) in [6.07, 6.45) is 16.3. The van der Waals surface area contributed by atoms with Crippen LogP contribution in [0.4, 0.5) is 0 Å². The lowest BCUT2D eigenvalue weighted by atomic mass is 9.41. The predicted octanol–water partition coefficient (Wildman–Crippen LogP) is 8.99. The molecule has 0 N–H and O–H groups in total. The summed E-state index contributed by atoms with van der Waals surface area (Å²) in [7, 11) is 0. The second-order valence-corrected chi connectivity index (χ2v) is 15.4. The maximum absolute atomic E-state index is 11.9. The van der Waals surface area contributed by atoms with Crippen LogP contribution in [-0.2, 0) is 9.53 Å². The van der Waals surface area contributed by atoms with Crippen LogP contribution in [-0.4, -0.2) is 12.1 Å². The van der Waals surface area contributed by atoms with Crippen molar-refractivity contribution in [2.24, 2.45) is 56.7 Å². The smallest absolute Gasteiger partial charge is 0.302 e. The molecule has 35 heavy (non-hydrogen) atoms. The number of carbonyl (C=O) groups is 1.